The fourth-order valence-corrected chi connectivity index (χ4v) is 3.22. The van der Waals surface area contributed by atoms with Gasteiger partial charge in [-0.2, -0.15) is 13.2 Å². The minimum absolute atomic E-state index is 0.00521. The van der Waals surface area contributed by atoms with Crippen LogP contribution in [-0.2, 0) is 17.5 Å². The number of aromatic nitrogens is 1. The molecule has 0 saturated carbocycles. The first kappa shape index (κ1) is 19.7. The number of ether oxygens (including phenoxy) is 1. The van der Waals surface area contributed by atoms with Crippen molar-refractivity contribution in [3.63, 3.8) is 0 Å². The summed E-state index contributed by atoms with van der Waals surface area (Å²) in [5.74, 6) is 0. The van der Waals surface area contributed by atoms with E-state index in [4.69, 9.17) is 16.3 Å². The molecular weight excluding hydrogens is 383 g/mol. The number of anilines is 1. The smallest absolute Gasteiger partial charge is 0.378 e. The van der Waals surface area contributed by atoms with Gasteiger partial charge in [-0.3, -0.25) is 4.79 Å². The maximum Gasteiger partial charge on any atom is 0.417 e. The van der Waals surface area contributed by atoms with Gasteiger partial charge < -0.3 is 19.5 Å². The Morgan fingerprint density at radius 1 is 1.30 bits per heavy atom. The van der Waals surface area contributed by atoms with Crippen molar-refractivity contribution in [2.75, 3.05) is 25.5 Å². The summed E-state index contributed by atoms with van der Waals surface area (Å²) in [6.45, 7) is 0.533. The third-order valence-electron chi connectivity index (χ3n) is 4.46. The van der Waals surface area contributed by atoms with Crippen molar-refractivity contribution in [1.82, 2.24) is 4.57 Å². The number of halogens is 4. The van der Waals surface area contributed by atoms with Crippen LogP contribution < -0.4 is 15.8 Å². The maximum atomic E-state index is 13.0. The Labute approximate surface area is 159 Å². The molecule has 1 saturated heterocycles. The Kier molecular flexibility index (Phi) is 5.50. The minimum Gasteiger partial charge on any atom is -0.378 e. The number of rotatable bonds is 4. The van der Waals surface area contributed by atoms with E-state index in [0.717, 1.165) is 22.0 Å². The summed E-state index contributed by atoms with van der Waals surface area (Å²) in [5, 5.41) is 1.50. The third-order valence-corrected chi connectivity index (χ3v) is 4.73. The number of pyridine rings is 1. The lowest BCUT2D eigenvalue weighted by atomic mass is 10.2. The molecule has 2 heterocycles. The summed E-state index contributed by atoms with van der Waals surface area (Å²) in [6.07, 6.45) is -4.45. The molecule has 2 aromatic rings. The highest BCUT2D eigenvalue weighted by atomic mass is 35.5. The van der Waals surface area contributed by atoms with Crippen molar-refractivity contribution in [1.29, 1.82) is 0 Å². The Morgan fingerprint density at radius 2 is 1.96 bits per heavy atom. The van der Waals surface area contributed by atoms with Crippen molar-refractivity contribution in [2.45, 2.75) is 25.1 Å². The third kappa shape index (κ3) is 4.45. The second kappa shape index (κ2) is 7.53. The van der Waals surface area contributed by atoms with Gasteiger partial charge in [-0.15, -0.1) is 0 Å². The van der Waals surface area contributed by atoms with Crippen LogP contribution in [0.4, 0.5) is 18.9 Å². The molecule has 5 nitrogen and oxygen atoms in total. The van der Waals surface area contributed by atoms with Gasteiger partial charge in [0.25, 0.3) is 5.56 Å². The summed E-state index contributed by atoms with van der Waals surface area (Å²) in [6, 6.07) is 8.49. The number of hydrogen-bond donors (Lipinski definition) is 1. The van der Waals surface area contributed by atoms with E-state index in [1.165, 1.54) is 0 Å². The van der Waals surface area contributed by atoms with E-state index in [0.29, 0.717) is 12.6 Å². The molecule has 1 aromatic heterocycles. The van der Waals surface area contributed by atoms with Crippen LogP contribution in [0.15, 0.2) is 41.3 Å². The van der Waals surface area contributed by atoms with Gasteiger partial charge in [-0.05, 0) is 30.3 Å². The average molecular weight is 403 g/mol. The largest absolute Gasteiger partial charge is 0.417 e. The highest BCUT2D eigenvalue weighted by molar-refractivity contribution is 6.30. The normalized spacial score (nSPS) is 20.1. The van der Waals surface area contributed by atoms with E-state index in [1.807, 2.05) is 48.6 Å². The lowest BCUT2D eigenvalue weighted by molar-refractivity contribution is -0.697. The van der Waals surface area contributed by atoms with Crippen LogP contribution in [0, 0.1) is 0 Å². The van der Waals surface area contributed by atoms with Gasteiger partial charge in [0.1, 0.15) is 17.7 Å². The molecule has 0 bridgehead atoms. The number of nitrogens with zero attached hydrogens (tertiary/aromatic N) is 2. The van der Waals surface area contributed by atoms with Gasteiger partial charge in [0.2, 0.25) is 6.23 Å². The van der Waals surface area contributed by atoms with Crippen LogP contribution in [-0.4, -0.2) is 31.3 Å². The van der Waals surface area contributed by atoms with Gasteiger partial charge in [0.05, 0.1) is 12.1 Å². The molecule has 1 aromatic carbocycles. The standard InChI is InChI=1S/C18H19ClF3N3O2/c1-24(2)13-5-3-11(4-6-13)16-23-8-14(27-16)10-25-9-12(18(20,21)22)7-15(19)17(25)26/h3-7,9,14,16,23H,8,10H2,1-2H3/p+1/t14-,16+/m1/s1. The molecule has 0 radical (unpaired) electrons. The van der Waals surface area contributed by atoms with Gasteiger partial charge in [-0.1, -0.05) is 11.6 Å². The lowest BCUT2D eigenvalue weighted by Gasteiger charge is -2.15. The SMILES string of the molecule is CN(C)c1ccc([C@H]2[NH2+]C[C@H](Cn3cc(C(F)(F)F)cc(Cl)c3=O)O2)cc1. The first-order valence-corrected chi connectivity index (χ1v) is 8.76. The zero-order chi connectivity index (χ0) is 19.8. The fourth-order valence-electron chi connectivity index (χ4n) is 3.00. The molecule has 27 heavy (non-hydrogen) atoms. The lowest BCUT2D eigenvalue weighted by Crippen LogP contribution is -2.82. The van der Waals surface area contributed by atoms with E-state index < -0.39 is 28.4 Å². The molecule has 0 aliphatic carbocycles. The van der Waals surface area contributed by atoms with Gasteiger partial charge in [0, 0.05) is 31.5 Å². The molecule has 146 valence electrons. The van der Waals surface area contributed by atoms with Crippen molar-refractivity contribution in [3.8, 4) is 0 Å². The Bertz CT molecular complexity index is 866. The van der Waals surface area contributed by atoms with E-state index >= 15 is 0 Å². The van der Waals surface area contributed by atoms with Gasteiger partial charge in [0.15, 0.2) is 0 Å². The van der Waals surface area contributed by atoms with Crippen molar-refractivity contribution in [2.24, 2.45) is 0 Å². The summed E-state index contributed by atoms with van der Waals surface area (Å²) >= 11 is 5.69. The molecule has 0 amide bonds. The predicted octanol–water partition coefficient (Wildman–Crippen LogP) is 2.25. The molecular formula is C18H20ClF3N3O2+. The minimum atomic E-state index is -4.57. The number of hydrogen-bond acceptors (Lipinski definition) is 3. The number of quaternary nitrogens is 1. The van der Waals surface area contributed by atoms with E-state index in [9.17, 15) is 18.0 Å². The van der Waals surface area contributed by atoms with Gasteiger partial charge >= 0.3 is 6.18 Å². The Hall–Kier alpha value is -2.03. The molecule has 2 atom stereocenters. The quantitative estimate of drug-likeness (QED) is 0.853. The second-order valence-electron chi connectivity index (χ2n) is 6.67. The summed E-state index contributed by atoms with van der Waals surface area (Å²) in [5.41, 5.74) is 0.396. The van der Waals surface area contributed by atoms with E-state index in [1.54, 1.807) is 0 Å². The van der Waals surface area contributed by atoms with Crippen molar-refractivity contribution in [3.05, 3.63) is 63.0 Å². The highest BCUT2D eigenvalue weighted by Gasteiger charge is 2.34. The summed E-state index contributed by atoms with van der Waals surface area (Å²) in [4.78, 5) is 14.1. The van der Waals surface area contributed by atoms with E-state index in [2.05, 4.69) is 0 Å². The number of nitrogens with two attached hydrogens (primary N) is 1. The monoisotopic (exact) mass is 402 g/mol. The molecule has 3 rings (SSSR count). The van der Waals surface area contributed by atoms with Crippen LogP contribution in [0.25, 0.3) is 0 Å². The molecule has 1 aliphatic heterocycles. The fraction of sp³-hybridized carbons (Fsp3) is 0.389. The van der Waals surface area contributed by atoms with Crippen molar-refractivity contribution < 1.29 is 23.2 Å². The zero-order valence-electron chi connectivity index (χ0n) is 14.8. The van der Waals surface area contributed by atoms with Crippen LogP contribution >= 0.6 is 11.6 Å². The molecule has 0 unspecified atom stereocenters. The van der Waals surface area contributed by atoms with Crippen LogP contribution in [0.2, 0.25) is 5.02 Å². The average Bonchev–Trinajstić information content (AvgIpc) is 3.06. The first-order valence-electron chi connectivity index (χ1n) is 8.38. The van der Waals surface area contributed by atoms with Crippen LogP contribution in [0.1, 0.15) is 17.4 Å². The Morgan fingerprint density at radius 3 is 2.56 bits per heavy atom. The summed E-state index contributed by atoms with van der Waals surface area (Å²) < 4.78 is 45.7. The molecule has 9 heteroatoms. The summed E-state index contributed by atoms with van der Waals surface area (Å²) in [7, 11) is 3.89. The van der Waals surface area contributed by atoms with Crippen LogP contribution in [0.5, 0.6) is 0 Å². The van der Waals surface area contributed by atoms with Gasteiger partial charge in [-0.25, -0.2) is 0 Å². The number of benzene rings is 1. The topological polar surface area (TPSA) is 51.1 Å². The number of alkyl halides is 3. The van der Waals surface area contributed by atoms with Crippen molar-refractivity contribution >= 4 is 17.3 Å². The second-order valence-corrected chi connectivity index (χ2v) is 7.08. The van der Waals surface area contributed by atoms with E-state index in [-0.39, 0.29) is 12.8 Å². The first-order chi connectivity index (χ1) is 12.6. The Balaban J connectivity index is 1.73. The molecule has 1 aliphatic rings. The zero-order valence-corrected chi connectivity index (χ0v) is 15.6. The van der Waals surface area contributed by atoms with Crippen LogP contribution in [0.3, 0.4) is 0 Å². The molecule has 1 fully saturated rings. The maximum absolute atomic E-state index is 13.0. The molecule has 0 spiro atoms. The molecule has 2 N–H and O–H groups in total. The highest BCUT2D eigenvalue weighted by Crippen LogP contribution is 2.30. The predicted molar refractivity (Wildman–Crippen MR) is 95.9 cm³/mol.